The summed E-state index contributed by atoms with van der Waals surface area (Å²) in [6.07, 6.45) is -0.392. The van der Waals surface area contributed by atoms with Crippen LogP contribution in [0.1, 0.15) is 38.0 Å². The molecule has 0 spiro atoms. The van der Waals surface area contributed by atoms with Crippen molar-refractivity contribution in [3.8, 4) is 0 Å². The third-order valence-corrected chi connectivity index (χ3v) is 4.89. The molecule has 0 bridgehead atoms. The van der Waals surface area contributed by atoms with Crippen molar-refractivity contribution in [3.63, 3.8) is 0 Å². The number of benzene rings is 3. The third-order valence-electron chi connectivity index (χ3n) is 4.89. The summed E-state index contributed by atoms with van der Waals surface area (Å²) in [4.78, 5) is 26.8. The van der Waals surface area contributed by atoms with Gasteiger partial charge < -0.3 is 10.1 Å². The van der Waals surface area contributed by atoms with Gasteiger partial charge in [0.1, 0.15) is 6.17 Å². The number of methoxy groups -OCH3 is 1. The largest absolute Gasteiger partial charge is 0.465 e. The summed E-state index contributed by atoms with van der Waals surface area (Å²) in [5.41, 5.74) is 4.69. The highest BCUT2D eigenvalue weighted by molar-refractivity contribution is 6.12. The van der Waals surface area contributed by atoms with Gasteiger partial charge in [0.15, 0.2) is 0 Å². The van der Waals surface area contributed by atoms with E-state index in [0.29, 0.717) is 11.1 Å². The molecule has 0 aliphatic carbocycles. The minimum atomic E-state index is -0.392. The fourth-order valence-corrected chi connectivity index (χ4v) is 3.38. The number of hydrogen-bond acceptors (Lipinski definition) is 4. The number of amides is 1. The Morgan fingerprint density at radius 3 is 2.32 bits per heavy atom. The maximum absolute atomic E-state index is 13.3. The van der Waals surface area contributed by atoms with Crippen LogP contribution < -0.4 is 10.2 Å². The molecule has 1 aliphatic rings. The van der Waals surface area contributed by atoms with E-state index < -0.39 is 6.17 Å². The lowest BCUT2D eigenvalue weighted by Gasteiger charge is -2.38. The van der Waals surface area contributed by atoms with E-state index in [1.54, 1.807) is 17.0 Å². The molecular formula is C23H20N2O3. The molecule has 0 saturated carbocycles. The number of anilines is 2. The van der Waals surface area contributed by atoms with Gasteiger partial charge in [0.05, 0.1) is 18.2 Å². The summed E-state index contributed by atoms with van der Waals surface area (Å²) >= 11 is 0. The summed E-state index contributed by atoms with van der Waals surface area (Å²) in [5.74, 6) is -0.458. The number of para-hydroxylation sites is 1. The van der Waals surface area contributed by atoms with Crippen LogP contribution in [-0.4, -0.2) is 19.0 Å². The van der Waals surface area contributed by atoms with Crippen LogP contribution in [0, 0.1) is 6.92 Å². The van der Waals surface area contributed by atoms with Gasteiger partial charge in [0, 0.05) is 11.4 Å². The number of aryl methyl sites for hydroxylation is 1. The number of nitrogens with zero attached hydrogens (tertiary/aromatic N) is 1. The Morgan fingerprint density at radius 1 is 0.964 bits per heavy atom. The molecule has 1 N–H and O–H groups in total. The molecule has 4 rings (SSSR count). The first kappa shape index (κ1) is 17.8. The van der Waals surface area contributed by atoms with Crippen LogP contribution in [0.25, 0.3) is 0 Å². The zero-order valence-corrected chi connectivity index (χ0v) is 15.7. The van der Waals surface area contributed by atoms with Crippen molar-refractivity contribution in [2.45, 2.75) is 13.1 Å². The van der Waals surface area contributed by atoms with E-state index in [9.17, 15) is 9.59 Å². The molecule has 1 unspecified atom stereocenters. The van der Waals surface area contributed by atoms with E-state index >= 15 is 0 Å². The monoisotopic (exact) mass is 372 g/mol. The number of carbonyl (C=O) groups excluding carboxylic acids is 2. The lowest BCUT2D eigenvalue weighted by Crippen LogP contribution is -2.43. The number of esters is 1. The smallest absolute Gasteiger partial charge is 0.337 e. The van der Waals surface area contributed by atoms with Gasteiger partial charge in [-0.3, -0.25) is 9.69 Å². The van der Waals surface area contributed by atoms with Crippen molar-refractivity contribution in [2.75, 3.05) is 17.3 Å². The summed E-state index contributed by atoms with van der Waals surface area (Å²) in [6, 6.07) is 22.4. The average Bonchev–Trinajstić information content (AvgIpc) is 2.74. The number of rotatable bonds is 3. The molecule has 0 radical (unpaired) electrons. The molecule has 5 heteroatoms. The van der Waals surface area contributed by atoms with Crippen LogP contribution in [0.4, 0.5) is 11.4 Å². The molecule has 3 aromatic carbocycles. The first-order chi connectivity index (χ1) is 13.6. The second-order valence-electron chi connectivity index (χ2n) is 6.72. The molecule has 1 heterocycles. The normalized spacial score (nSPS) is 15.6. The van der Waals surface area contributed by atoms with Gasteiger partial charge in [0.25, 0.3) is 5.91 Å². The van der Waals surface area contributed by atoms with Crippen molar-refractivity contribution < 1.29 is 14.3 Å². The van der Waals surface area contributed by atoms with E-state index in [0.717, 1.165) is 22.5 Å². The first-order valence-corrected chi connectivity index (χ1v) is 9.02. The lowest BCUT2D eigenvalue weighted by atomic mass is 10.0. The molecule has 28 heavy (non-hydrogen) atoms. The van der Waals surface area contributed by atoms with Gasteiger partial charge in [-0.05, 0) is 48.9 Å². The quantitative estimate of drug-likeness (QED) is 0.685. The molecule has 1 atom stereocenters. The SMILES string of the molecule is COC(=O)c1ccc(C2Nc3ccccc3C(=O)N2c2ccc(C)cc2)cc1. The van der Waals surface area contributed by atoms with Crippen LogP contribution in [0.15, 0.2) is 72.8 Å². The number of fused-ring (bicyclic) bond motifs is 1. The number of nitrogens with one attached hydrogen (secondary N) is 1. The molecule has 3 aromatic rings. The standard InChI is InChI=1S/C23H20N2O3/c1-15-7-13-18(14-8-15)25-21(16-9-11-17(12-10-16)23(27)28-2)24-20-6-4-3-5-19(20)22(25)26/h3-14,21,24H,1-2H3. The van der Waals surface area contributed by atoms with Crippen LogP contribution >= 0.6 is 0 Å². The highest BCUT2D eigenvalue weighted by atomic mass is 16.5. The van der Waals surface area contributed by atoms with Crippen LogP contribution in [0.2, 0.25) is 0 Å². The molecule has 5 nitrogen and oxygen atoms in total. The summed E-state index contributed by atoms with van der Waals surface area (Å²) in [7, 11) is 1.35. The summed E-state index contributed by atoms with van der Waals surface area (Å²) in [6.45, 7) is 2.01. The molecule has 0 saturated heterocycles. The fraction of sp³-hybridized carbons (Fsp3) is 0.130. The van der Waals surface area contributed by atoms with Crippen molar-refractivity contribution in [1.29, 1.82) is 0 Å². The van der Waals surface area contributed by atoms with Gasteiger partial charge >= 0.3 is 5.97 Å². The minimum Gasteiger partial charge on any atom is -0.465 e. The van der Waals surface area contributed by atoms with E-state index in [2.05, 4.69) is 5.32 Å². The molecular weight excluding hydrogens is 352 g/mol. The van der Waals surface area contributed by atoms with Crippen molar-refractivity contribution >= 4 is 23.3 Å². The predicted molar refractivity (Wildman–Crippen MR) is 109 cm³/mol. The number of ether oxygens (including phenoxy) is 1. The second-order valence-corrected chi connectivity index (χ2v) is 6.72. The maximum Gasteiger partial charge on any atom is 0.337 e. The second kappa shape index (κ2) is 7.19. The Labute approximate surface area is 163 Å². The van der Waals surface area contributed by atoms with Gasteiger partial charge in [-0.25, -0.2) is 4.79 Å². The zero-order valence-electron chi connectivity index (χ0n) is 15.7. The Balaban J connectivity index is 1.79. The lowest BCUT2D eigenvalue weighted by molar-refractivity contribution is 0.0600. The molecule has 1 amide bonds. The fourth-order valence-electron chi connectivity index (χ4n) is 3.38. The Bertz CT molecular complexity index is 1030. The highest BCUT2D eigenvalue weighted by Gasteiger charge is 2.33. The topological polar surface area (TPSA) is 58.6 Å². The van der Waals surface area contributed by atoms with Gasteiger partial charge in [-0.2, -0.15) is 0 Å². The van der Waals surface area contributed by atoms with Gasteiger partial charge in [0.2, 0.25) is 0 Å². The van der Waals surface area contributed by atoms with Crippen LogP contribution in [0.5, 0.6) is 0 Å². The van der Waals surface area contributed by atoms with Crippen LogP contribution in [0.3, 0.4) is 0 Å². The van der Waals surface area contributed by atoms with E-state index in [1.807, 2.05) is 67.6 Å². The molecule has 140 valence electrons. The first-order valence-electron chi connectivity index (χ1n) is 9.02. The van der Waals surface area contributed by atoms with Crippen LogP contribution in [-0.2, 0) is 4.74 Å². The predicted octanol–water partition coefficient (Wildman–Crippen LogP) is 4.55. The van der Waals surface area contributed by atoms with Gasteiger partial charge in [-0.1, -0.05) is 42.0 Å². The Hall–Kier alpha value is -3.60. The zero-order chi connectivity index (χ0) is 19.7. The number of hydrogen-bond donors (Lipinski definition) is 1. The highest BCUT2D eigenvalue weighted by Crippen LogP contribution is 2.36. The Kier molecular flexibility index (Phi) is 4.57. The third kappa shape index (κ3) is 3.11. The number of carbonyl (C=O) groups is 2. The van der Waals surface area contributed by atoms with Gasteiger partial charge in [-0.15, -0.1) is 0 Å². The van der Waals surface area contributed by atoms with E-state index in [4.69, 9.17) is 4.74 Å². The molecule has 0 aromatic heterocycles. The molecule has 1 aliphatic heterocycles. The van der Waals surface area contributed by atoms with E-state index in [-0.39, 0.29) is 11.9 Å². The Morgan fingerprint density at radius 2 is 1.64 bits per heavy atom. The summed E-state index contributed by atoms with van der Waals surface area (Å²) < 4.78 is 4.77. The average molecular weight is 372 g/mol. The summed E-state index contributed by atoms with van der Waals surface area (Å²) in [5, 5.41) is 3.46. The molecule has 0 fully saturated rings. The maximum atomic E-state index is 13.3. The minimum absolute atomic E-state index is 0.0692. The van der Waals surface area contributed by atoms with Crippen molar-refractivity contribution in [2.24, 2.45) is 0 Å². The van der Waals surface area contributed by atoms with Crippen molar-refractivity contribution in [1.82, 2.24) is 0 Å². The van der Waals surface area contributed by atoms with Crippen molar-refractivity contribution in [3.05, 3.63) is 95.1 Å². The van der Waals surface area contributed by atoms with E-state index in [1.165, 1.54) is 7.11 Å².